The second kappa shape index (κ2) is 6.76. The third-order valence-corrected chi connectivity index (χ3v) is 3.99. The predicted octanol–water partition coefficient (Wildman–Crippen LogP) is 2.27. The van der Waals surface area contributed by atoms with Crippen LogP contribution in [0.5, 0.6) is 0 Å². The average molecular weight is 255 g/mol. The molecule has 0 aromatic carbocycles. The van der Waals surface area contributed by atoms with E-state index < -0.39 is 0 Å². The zero-order chi connectivity index (χ0) is 13.6. The van der Waals surface area contributed by atoms with Gasteiger partial charge in [-0.1, -0.05) is 26.7 Å². The van der Waals surface area contributed by atoms with Crippen LogP contribution < -0.4 is 5.32 Å². The lowest BCUT2D eigenvalue weighted by atomic mass is 9.77. The van der Waals surface area contributed by atoms with Gasteiger partial charge in [-0.05, 0) is 24.2 Å². The molecule has 0 atom stereocenters. The van der Waals surface area contributed by atoms with Crippen LogP contribution >= 0.6 is 0 Å². The molecule has 0 saturated heterocycles. The van der Waals surface area contributed by atoms with Crippen LogP contribution in [-0.4, -0.2) is 25.5 Å². The van der Waals surface area contributed by atoms with Gasteiger partial charge in [0.1, 0.15) is 0 Å². The van der Waals surface area contributed by atoms with Crippen molar-refractivity contribution in [2.45, 2.75) is 52.4 Å². The molecule has 0 heterocycles. The minimum absolute atomic E-state index is 0.0635. The summed E-state index contributed by atoms with van der Waals surface area (Å²) in [6, 6.07) is 0. The summed E-state index contributed by atoms with van der Waals surface area (Å²) < 4.78 is 4.51. The molecule has 1 N–H and O–H groups in total. The quantitative estimate of drug-likeness (QED) is 0.741. The van der Waals surface area contributed by atoms with Gasteiger partial charge in [0.15, 0.2) is 0 Å². The van der Waals surface area contributed by atoms with Gasteiger partial charge in [-0.2, -0.15) is 0 Å². The highest BCUT2D eigenvalue weighted by Gasteiger charge is 2.31. The van der Waals surface area contributed by atoms with E-state index in [0.29, 0.717) is 12.5 Å². The van der Waals surface area contributed by atoms with E-state index in [1.807, 2.05) is 0 Å². The fraction of sp³-hybridized carbons (Fsp3) is 0.857. The number of hydrogen-bond donors (Lipinski definition) is 1. The molecule has 4 heteroatoms. The van der Waals surface area contributed by atoms with Gasteiger partial charge in [-0.3, -0.25) is 9.59 Å². The van der Waals surface area contributed by atoms with Crippen molar-refractivity contribution >= 4 is 11.9 Å². The Labute approximate surface area is 109 Å². The monoisotopic (exact) mass is 255 g/mol. The average Bonchev–Trinajstić information content (AvgIpc) is 2.88. The van der Waals surface area contributed by atoms with Crippen LogP contribution in [-0.2, 0) is 14.3 Å². The molecule has 0 bridgehead atoms. The summed E-state index contributed by atoms with van der Waals surface area (Å²) in [6.07, 6.45) is 5.53. The third kappa shape index (κ3) is 4.67. The summed E-state index contributed by atoms with van der Waals surface area (Å²) in [6.45, 7) is 5.12. The second-order valence-corrected chi connectivity index (χ2v) is 5.82. The first-order valence-corrected chi connectivity index (χ1v) is 6.79. The highest BCUT2D eigenvalue weighted by Crippen LogP contribution is 2.38. The Morgan fingerprint density at radius 1 is 1.22 bits per heavy atom. The van der Waals surface area contributed by atoms with Crippen molar-refractivity contribution in [2.24, 2.45) is 11.3 Å². The first-order valence-electron chi connectivity index (χ1n) is 6.79. The fourth-order valence-corrected chi connectivity index (χ4v) is 2.58. The maximum atomic E-state index is 11.6. The maximum Gasteiger partial charge on any atom is 0.306 e. The van der Waals surface area contributed by atoms with Crippen molar-refractivity contribution in [3.05, 3.63) is 0 Å². The Hall–Kier alpha value is -1.06. The van der Waals surface area contributed by atoms with Crippen molar-refractivity contribution in [1.29, 1.82) is 0 Å². The molecule has 104 valence electrons. The normalized spacial score (nSPS) is 16.6. The van der Waals surface area contributed by atoms with E-state index in [0.717, 1.165) is 0 Å². The van der Waals surface area contributed by atoms with Crippen molar-refractivity contribution in [3.63, 3.8) is 0 Å². The highest BCUT2D eigenvalue weighted by atomic mass is 16.5. The van der Waals surface area contributed by atoms with Crippen molar-refractivity contribution in [2.75, 3.05) is 13.7 Å². The Bertz CT molecular complexity index is 293. The van der Waals surface area contributed by atoms with Gasteiger partial charge < -0.3 is 10.1 Å². The van der Waals surface area contributed by atoms with Gasteiger partial charge in [0.2, 0.25) is 5.91 Å². The molecule has 1 saturated carbocycles. The molecule has 0 aliphatic heterocycles. The maximum absolute atomic E-state index is 11.6. The van der Waals surface area contributed by atoms with Gasteiger partial charge in [0, 0.05) is 13.0 Å². The van der Waals surface area contributed by atoms with Crippen LogP contribution in [0, 0.1) is 11.3 Å². The molecular weight excluding hydrogens is 230 g/mol. The van der Waals surface area contributed by atoms with Crippen LogP contribution in [0.1, 0.15) is 52.4 Å². The van der Waals surface area contributed by atoms with E-state index in [-0.39, 0.29) is 30.1 Å². The van der Waals surface area contributed by atoms with Crippen molar-refractivity contribution < 1.29 is 14.3 Å². The van der Waals surface area contributed by atoms with Gasteiger partial charge >= 0.3 is 5.97 Å². The van der Waals surface area contributed by atoms with Gasteiger partial charge in [-0.25, -0.2) is 0 Å². The number of carbonyl (C=O) groups is 2. The second-order valence-electron chi connectivity index (χ2n) is 5.82. The largest absolute Gasteiger partial charge is 0.469 e. The number of hydrogen-bond acceptors (Lipinski definition) is 3. The van der Waals surface area contributed by atoms with E-state index in [4.69, 9.17) is 0 Å². The first-order chi connectivity index (χ1) is 8.45. The molecule has 18 heavy (non-hydrogen) atoms. The SMILES string of the molecule is COC(=O)CCC(=O)NCC(C)(C)C1CCCC1. The molecule has 0 spiro atoms. The molecule has 1 aliphatic carbocycles. The number of amides is 1. The summed E-state index contributed by atoms with van der Waals surface area (Å²) in [5.74, 6) is 0.310. The van der Waals surface area contributed by atoms with Crippen LogP contribution in [0.2, 0.25) is 0 Å². The Morgan fingerprint density at radius 2 is 1.83 bits per heavy atom. The molecule has 0 aromatic heterocycles. The molecule has 1 aliphatic rings. The Morgan fingerprint density at radius 3 is 2.39 bits per heavy atom. The van der Waals surface area contributed by atoms with Crippen LogP contribution in [0.3, 0.4) is 0 Å². The molecule has 0 unspecified atom stereocenters. The zero-order valence-electron chi connectivity index (χ0n) is 11.8. The number of carbonyl (C=O) groups excluding carboxylic acids is 2. The molecule has 1 fully saturated rings. The van der Waals surface area contributed by atoms with Crippen molar-refractivity contribution in [1.82, 2.24) is 5.32 Å². The minimum Gasteiger partial charge on any atom is -0.469 e. The summed E-state index contributed by atoms with van der Waals surface area (Å²) in [7, 11) is 1.34. The number of nitrogens with one attached hydrogen (secondary N) is 1. The topological polar surface area (TPSA) is 55.4 Å². The number of rotatable bonds is 6. The number of ether oxygens (including phenoxy) is 1. The van der Waals surface area contributed by atoms with Gasteiger partial charge in [0.05, 0.1) is 13.5 Å². The van der Waals surface area contributed by atoms with E-state index >= 15 is 0 Å². The van der Waals surface area contributed by atoms with Crippen LogP contribution in [0.25, 0.3) is 0 Å². The first kappa shape index (κ1) is 15.0. The minimum atomic E-state index is -0.333. The van der Waals surface area contributed by atoms with E-state index in [1.165, 1.54) is 32.8 Å². The smallest absolute Gasteiger partial charge is 0.306 e. The summed E-state index contributed by atoms with van der Waals surface area (Å²) in [5.41, 5.74) is 0.150. The summed E-state index contributed by atoms with van der Waals surface area (Å²) >= 11 is 0. The predicted molar refractivity (Wildman–Crippen MR) is 70.0 cm³/mol. The summed E-state index contributed by atoms with van der Waals surface area (Å²) in [5, 5.41) is 2.93. The van der Waals surface area contributed by atoms with Crippen LogP contribution in [0.15, 0.2) is 0 Å². The van der Waals surface area contributed by atoms with E-state index in [1.54, 1.807) is 0 Å². The molecule has 0 aromatic rings. The van der Waals surface area contributed by atoms with Crippen molar-refractivity contribution in [3.8, 4) is 0 Å². The lowest BCUT2D eigenvalue weighted by Crippen LogP contribution is -2.38. The van der Waals surface area contributed by atoms with Gasteiger partial charge in [0.25, 0.3) is 0 Å². The standard InChI is InChI=1S/C14H25NO3/c1-14(2,11-6-4-5-7-11)10-15-12(16)8-9-13(17)18-3/h11H,4-10H2,1-3H3,(H,15,16). The van der Waals surface area contributed by atoms with E-state index in [9.17, 15) is 9.59 Å². The Balaban J connectivity index is 2.26. The molecule has 1 amide bonds. The third-order valence-electron chi connectivity index (χ3n) is 3.99. The fourth-order valence-electron chi connectivity index (χ4n) is 2.58. The lowest BCUT2D eigenvalue weighted by molar-refractivity contribution is -0.142. The van der Waals surface area contributed by atoms with Crippen LogP contribution in [0.4, 0.5) is 0 Å². The highest BCUT2D eigenvalue weighted by molar-refractivity contribution is 5.81. The molecule has 4 nitrogen and oxygen atoms in total. The number of methoxy groups -OCH3 is 1. The van der Waals surface area contributed by atoms with E-state index in [2.05, 4.69) is 23.9 Å². The van der Waals surface area contributed by atoms with Gasteiger partial charge in [-0.15, -0.1) is 0 Å². The molecule has 0 radical (unpaired) electrons. The number of esters is 1. The molecule has 1 rings (SSSR count). The molecular formula is C14H25NO3. The summed E-state index contributed by atoms with van der Waals surface area (Å²) in [4.78, 5) is 22.5. The Kier molecular flexibility index (Phi) is 5.63. The lowest BCUT2D eigenvalue weighted by Gasteiger charge is -2.31. The zero-order valence-corrected chi connectivity index (χ0v) is 11.8.